The van der Waals surface area contributed by atoms with Crippen LogP contribution in [-0.2, 0) is 0 Å². The highest BCUT2D eigenvalue weighted by Gasteiger charge is 2.11. The second-order valence-corrected chi connectivity index (χ2v) is 6.13. The molecule has 0 atom stereocenters. The molecule has 1 aromatic heterocycles. The van der Waals surface area contributed by atoms with Crippen LogP contribution in [0.3, 0.4) is 0 Å². The lowest BCUT2D eigenvalue weighted by molar-refractivity contribution is 0.102. The maximum Gasteiger partial charge on any atom is 0.257 e. The van der Waals surface area contributed by atoms with E-state index in [1.807, 2.05) is 6.07 Å². The predicted molar refractivity (Wildman–Crippen MR) is 91.6 cm³/mol. The summed E-state index contributed by atoms with van der Waals surface area (Å²) in [6, 6.07) is 12.2. The van der Waals surface area contributed by atoms with Gasteiger partial charge in [0.25, 0.3) is 11.8 Å². The third-order valence-corrected chi connectivity index (χ3v) is 3.91. The zero-order valence-corrected chi connectivity index (χ0v) is 14.4. The molecule has 5 nitrogen and oxygen atoms in total. The number of carbonyl (C=O) groups is 1. The molecule has 7 heteroatoms. The number of aromatic nitrogens is 2. The molecule has 0 aliphatic carbocycles. The Hall–Kier alpha value is -2.18. The van der Waals surface area contributed by atoms with Gasteiger partial charge in [0.05, 0.1) is 10.7 Å². The molecule has 116 valence electrons. The summed E-state index contributed by atoms with van der Waals surface area (Å²) < 4.78 is 5.94. The number of hydrogen-bond donors (Lipinski definition) is 1. The fourth-order valence-corrected chi connectivity index (χ4v) is 2.68. The molecule has 1 N–H and O–H groups in total. The van der Waals surface area contributed by atoms with Gasteiger partial charge in [0.15, 0.2) is 5.82 Å². The third-order valence-electron chi connectivity index (χ3n) is 3.10. The van der Waals surface area contributed by atoms with Crippen molar-refractivity contribution in [1.82, 2.24) is 10.1 Å². The van der Waals surface area contributed by atoms with E-state index in [-0.39, 0.29) is 5.91 Å². The molecular weight excluding hydrogens is 382 g/mol. The average Bonchev–Trinajstić information content (AvgIpc) is 2.97. The van der Waals surface area contributed by atoms with Crippen molar-refractivity contribution in [3.8, 4) is 11.5 Å². The van der Waals surface area contributed by atoms with Gasteiger partial charge < -0.3 is 9.84 Å². The summed E-state index contributed by atoms with van der Waals surface area (Å²) in [7, 11) is 0. The Morgan fingerprint density at radius 2 is 1.96 bits per heavy atom. The molecule has 0 spiro atoms. The van der Waals surface area contributed by atoms with E-state index in [4.69, 9.17) is 16.1 Å². The Balaban J connectivity index is 1.77. The van der Waals surface area contributed by atoms with Crippen molar-refractivity contribution in [2.45, 2.75) is 6.92 Å². The minimum Gasteiger partial charge on any atom is -0.334 e. The normalized spacial score (nSPS) is 10.6. The summed E-state index contributed by atoms with van der Waals surface area (Å²) >= 11 is 9.42. The highest BCUT2D eigenvalue weighted by atomic mass is 79.9. The maximum absolute atomic E-state index is 12.3. The van der Waals surface area contributed by atoms with Gasteiger partial charge in [0.1, 0.15) is 0 Å². The molecule has 0 saturated carbocycles. The Bertz CT molecular complexity index is 862. The van der Waals surface area contributed by atoms with Gasteiger partial charge in [-0.05, 0) is 49.4 Å². The number of aryl methyl sites for hydroxylation is 1. The Kier molecular flexibility index (Phi) is 4.45. The fraction of sp³-hybridized carbons (Fsp3) is 0.0625. The van der Waals surface area contributed by atoms with E-state index in [0.29, 0.717) is 28.0 Å². The number of anilines is 1. The van der Waals surface area contributed by atoms with Crippen molar-refractivity contribution in [3.63, 3.8) is 0 Å². The first kappa shape index (κ1) is 15.7. The Morgan fingerprint density at radius 1 is 1.22 bits per heavy atom. The Labute approximate surface area is 145 Å². The number of benzene rings is 2. The van der Waals surface area contributed by atoms with E-state index < -0.39 is 0 Å². The zero-order chi connectivity index (χ0) is 16.4. The summed E-state index contributed by atoms with van der Waals surface area (Å²) in [5, 5.41) is 6.98. The molecule has 2 aromatic carbocycles. The van der Waals surface area contributed by atoms with Crippen LogP contribution in [0.1, 0.15) is 16.2 Å². The number of carbonyl (C=O) groups excluding carboxylic acids is 1. The molecule has 0 radical (unpaired) electrons. The van der Waals surface area contributed by atoms with Crippen LogP contribution in [0.5, 0.6) is 0 Å². The molecule has 1 heterocycles. The summed E-state index contributed by atoms with van der Waals surface area (Å²) in [6.45, 7) is 1.75. The average molecular weight is 393 g/mol. The molecule has 0 bridgehead atoms. The molecule has 3 rings (SSSR count). The van der Waals surface area contributed by atoms with Gasteiger partial charge >= 0.3 is 0 Å². The SMILES string of the molecule is Cc1noc(-c2ccc(C(=O)Nc3ccc(Br)cc3Cl)cc2)n1. The van der Waals surface area contributed by atoms with Gasteiger partial charge in [-0.3, -0.25) is 4.79 Å². The van der Waals surface area contributed by atoms with Crippen LogP contribution >= 0.6 is 27.5 Å². The van der Waals surface area contributed by atoms with Crippen LogP contribution in [0.4, 0.5) is 5.69 Å². The largest absolute Gasteiger partial charge is 0.334 e. The molecule has 0 fully saturated rings. The molecule has 0 unspecified atom stereocenters. The summed E-state index contributed by atoms with van der Waals surface area (Å²) in [5.41, 5.74) is 1.81. The molecule has 3 aromatic rings. The van der Waals surface area contributed by atoms with Crippen molar-refractivity contribution in [1.29, 1.82) is 0 Å². The third kappa shape index (κ3) is 3.60. The smallest absolute Gasteiger partial charge is 0.257 e. The summed E-state index contributed by atoms with van der Waals surface area (Å²) in [4.78, 5) is 16.4. The van der Waals surface area contributed by atoms with Gasteiger partial charge in [-0.15, -0.1) is 0 Å². The van der Waals surface area contributed by atoms with E-state index in [0.717, 1.165) is 10.0 Å². The first-order chi connectivity index (χ1) is 11.0. The second kappa shape index (κ2) is 6.52. The molecular formula is C16H11BrClN3O2. The number of amides is 1. The lowest BCUT2D eigenvalue weighted by Gasteiger charge is -2.07. The van der Waals surface area contributed by atoms with Gasteiger partial charge in [0.2, 0.25) is 0 Å². The van der Waals surface area contributed by atoms with E-state index in [2.05, 4.69) is 31.4 Å². The van der Waals surface area contributed by atoms with Crippen molar-refractivity contribution in [2.75, 3.05) is 5.32 Å². The first-order valence-corrected chi connectivity index (χ1v) is 7.87. The van der Waals surface area contributed by atoms with Crippen LogP contribution in [0.15, 0.2) is 51.5 Å². The number of rotatable bonds is 3. The van der Waals surface area contributed by atoms with Crippen LogP contribution in [0, 0.1) is 6.92 Å². The number of halogens is 2. The quantitative estimate of drug-likeness (QED) is 0.700. The van der Waals surface area contributed by atoms with E-state index >= 15 is 0 Å². The number of nitrogens with zero attached hydrogens (tertiary/aromatic N) is 2. The highest BCUT2D eigenvalue weighted by Crippen LogP contribution is 2.26. The van der Waals surface area contributed by atoms with Crippen LogP contribution in [0.25, 0.3) is 11.5 Å². The molecule has 0 aliphatic rings. The standard InChI is InChI=1S/C16H11BrClN3O2/c1-9-19-16(23-21-9)11-4-2-10(3-5-11)15(22)20-14-7-6-12(17)8-13(14)18/h2-8H,1H3,(H,20,22). The van der Waals surface area contributed by atoms with Crippen LogP contribution in [-0.4, -0.2) is 16.0 Å². The lowest BCUT2D eigenvalue weighted by Crippen LogP contribution is -2.12. The minimum absolute atomic E-state index is 0.248. The molecule has 23 heavy (non-hydrogen) atoms. The summed E-state index contributed by atoms with van der Waals surface area (Å²) in [6.07, 6.45) is 0. The topological polar surface area (TPSA) is 68.0 Å². The second-order valence-electron chi connectivity index (χ2n) is 4.80. The zero-order valence-electron chi connectivity index (χ0n) is 12.0. The van der Waals surface area contributed by atoms with Crippen molar-refractivity contribution >= 4 is 39.1 Å². The number of hydrogen-bond acceptors (Lipinski definition) is 4. The highest BCUT2D eigenvalue weighted by molar-refractivity contribution is 9.10. The van der Waals surface area contributed by atoms with Gasteiger partial charge in [-0.2, -0.15) is 4.98 Å². The van der Waals surface area contributed by atoms with E-state index in [9.17, 15) is 4.79 Å². The maximum atomic E-state index is 12.3. The molecule has 1 amide bonds. The van der Waals surface area contributed by atoms with Crippen molar-refractivity contribution in [3.05, 3.63) is 63.3 Å². The fourth-order valence-electron chi connectivity index (χ4n) is 1.96. The first-order valence-electron chi connectivity index (χ1n) is 6.70. The Morgan fingerprint density at radius 3 is 2.57 bits per heavy atom. The van der Waals surface area contributed by atoms with Crippen molar-refractivity contribution < 1.29 is 9.32 Å². The van der Waals surface area contributed by atoms with E-state index in [1.165, 1.54) is 0 Å². The van der Waals surface area contributed by atoms with Gasteiger partial charge in [0, 0.05) is 15.6 Å². The van der Waals surface area contributed by atoms with Crippen molar-refractivity contribution in [2.24, 2.45) is 0 Å². The number of nitrogens with one attached hydrogen (secondary N) is 1. The monoisotopic (exact) mass is 391 g/mol. The van der Waals surface area contributed by atoms with Gasteiger partial charge in [-0.25, -0.2) is 0 Å². The lowest BCUT2D eigenvalue weighted by atomic mass is 10.1. The van der Waals surface area contributed by atoms with Gasteiger partial charge in [-0.1, -0.05) is 32.7 Å². The molecule has 0 saturated heterocycles. The predicted octanol–water partition coefficient (Wildman–Crippen LogP) is 4.71. The minimum atomic E-state index is -0.248. The van der Waals surface area contributed by atoms with E-state index in [1.54, 1.807) is 43.3 Å². The van der Waals surface area contributed by atoms with Crippen LogP contribution in [0.2, 0.25) is 5.02 Å². The van der Waals surface area contributed by atoms with Crippen LogP contribution < -0.4 is 5.32 Å². The summed E-state index contributed by atoms with van der Waals surface area (Å²) in [5.74, 6) is 0.736. The molecule has 0 aliphatic heterocycles.